The minimum atomic E-state index is -0.132. The Morgan fingerprint density at radius 2 is 2.00 bits per heavy atom. The van der Waals surface area contributed by atoms with Gasteiger partial charge in [-0.3, -0.25) is 4.79 Å². The van der Waals surface area contributed by atoms with E-state index in [0.29, 0.717) is 12.6 Å². The predicted octanol–water partition coefficient (Wildman–Crippen LogP) is 1.39. The van der Waals surface area contributed by atoms with Crippen molar-refractivity contribution in [2.45, 2.75) is 45.7 Å². The number of unbranched alkanes of at least 4 members (excludes halogenated alkanes) is 1. The van der Waals surface area contributed by atoms with Crippen LogP contribution in [-0.4, -0.2) is 49.6 Å². The monoisotopic (exact) mass is 255 g/mol. The van der Waals surface area contributed by atoms with Gasteiger partial charge in [-0.15, -0.1) is 6.58 Å². The van der Waals surface area contributed by atoms with Crippen LogP contribution in [0.25, 0.3) is 0 Å². The molecule has 0 aromatic heterocycles. The Balaban J connectivity index is 3.53. The average Bonchev–Trinajstić information content (AvgIpc) is 2.34. The van der Waals surface area contributed by atoms with Crippen LogP contribution in [0.2, 0.25) is 0 Å². The van der Waals surface area contributed by atoms with Crippen molar-refractivity contribution in [1.82, 2.24) is 15.5 Å². The first kappa shape index (κ1) is 17.1. The Hall–Kier alpha value is -0.870. The molecule has 1 unspecified atom stereocenters. The third-order valence-electron chi connectivity index (χ3n) is 3.08. The fraction of sp³-hybridized carbons (Fsp3) is 0.786. The molecular formula is C14H29N3O. The molecule has 106 valence electrons. The predicted molar refractivity (Wildman–Crippen MR) is 77.7 cm³/mol. The Morgan fingerprint density at radius 3 is 2.56 bits per heavy atom. The molecule has 0 spiro atoms. The van der Waals surface area contributed by atoms with Crippen molar-refractivity contribution in [3.8, 4) is 0 Å². The fourth-order valence-electron chi connectivity index (χ4n) is 1.48. The lowest BCUT2D eigenvalue weighted by molar-refractivity contribution is -0.122. The lowest BCUT2D eigenvalue weighted by atomic mass is 10.2. The zero-order chi connectivity index (χ0) is 14.0. The van der Waals surface area contributed by atoms with Crippen LogP contribution in [0.4, 0.5) is 0 Å². The number of nitrogens with zero attached hydrogens (tertiary/aromatic N) is 1. The zero-order valence-corrected chi connectivity index (χ0v) is 12.3. The second kappa shape index (κ2) is 10.1. The van der Waals surface area contributed by atoms with E-state index < -0.39 is 0 Å². The minimum absolute atomic E-state index is 0.0363. The Kier molecular flexibility index (Phi) is 9.60. The van der Waals surface area contributed by atoms with Gasteiger partial charge in [-0.05, 0) is 53.8 Å². The highest BCUT2D eigenvalue weighted by Crippen LogP contribution is 1.97. The Bertz CT molecular complexity index is 241. The second-order valence-corrected chi connectivity index (χ2v) is 4.99. The number of rotatable bonds is 10. The first-order chi connectivity index (χ1) is 8.49. The summed E-state index contributed by atoms with van der Waals surface area (Å²) in [4.78, 5) is 13.9. The number of amides is 1. The molecule has 0 aromatic rings. The normalized spacial score (nSPS) is 12.8. The maximum atomic E-state index is 11.5. The van der Waals surface area contributed by atoms with Gasteiger partial charge in [0.2, 0.25) is 5.91 Å². The molecule has 0 bridgehead atoms. The zero-order valence-electron chi connectivity index (χ0n) is 12.3. The molecule has 0 aromatic carbocycles. The first-order valence-electron chi connectivity index (χ1n) is 6.81. The Labute approximate surface area is 112 Å². The van der Waals surface area contributed by atoms with Crippen LogP contribution < -0.4 is 10.6 Å². The molecule has 0 aliphatic rings. The molecule has 1 amide bonds. The van der Waals surface area contributed by atoms with Crippen molar-refractivity contribution in [3.63, 3.8) is 0 Å². The average molecular weight is 255 g/mol. The molecule has 18 heavy (non-hydrogen) atoms. The van der Waals surface area contributed by atoms with Crippen molar-refractivity contribution >= 4 is 5.91 Å². The van der Waals surface area contributed by atoms with Crippen molar-refractivity contribution in [2.24, 2.45) is 0 Å². The van der Waals surface area contributed by atoms with Crippen LogP contribution in [0, 0.1) is 0 Å². The molecular weight excluding hydrogens is 226 g/mol. The maximum Gasteiger partial charge on any atom is 0.237 e. The third kappa shape index (κ3) is 8.25. The molecule has 0 aliphatic heterocycles. The lowest BCUT2D eigenvalue weighted by Crippen LogP contribution is -2.42. The number of hydrogen-bond donors (Lipinski definition) is 2. The number of carbonyl (C=O) groups is 1. The maximum absolute atomic E-state index is 11.5. The van der Waals surface area contributed by atoms with Crippen LogP contribution in [0.3, 0.4) is 0 Å². The minimum Gasteiger partial charge on any atom is -0.351 e. The second-order valence-electron chi connectivity index (χ2n) is 4.99. The van der Waals surface area contributed by atoms with E-state index in [1.54, 1.807) is 6.08 Å². The summed E-state index contributed by atoms with van der Waals surface area (Å²) in [7, 11) is 2.14. The summed E-state index contributed by atoms with van der Waals surface area (Å²) in [6.07, 6.45) is 3.94. The van der Waals surface area contributed by atoms with Gasteiger partial charge in [-0.25, -0.2) is 0 Å². The molecule has 4 heteroatoms. The van der Waals surface area contributed by atoms with Crippen LogP contribution in [0.1, 0.15) is 33.6 Å². The van der Waals surface area contributed by atoms with E-state index in [0.717, 1.165) is 25.9 Å². The third-order valence-corrected chi connectivity index (χ3v) is 3.08. The van der Waals surface area contributed by atoms with Gasteiger partial charge < -0.3 is 15.5 Å². The quantitative estimate of drug-likeness (QED) is 0.458. The highest BCUT2D eigenvalue weighted by Gasteiger charge is 2.10. The highest BCUT2D eigenvalue weighted by molar-refractivity contribution is 5.81. The van der Waals surface area contributed by atoms with E-state index in [9.17, 15) is 4.79 Å². The number of carbonyl (C=O) groups excluding carboxylic acids is 1. The van der Waals surface area contributed by atoms with Crippen molar-refractivity contribution < 1.29 is 4.79 Å². The summed E-state index contributed by atoms with van der Waals surface area (Å²) in [5, 5.41) is 6.01. The van der Waals surface area contributed by atoms with Crippen molar-refractivity contribution in [1.29, 1.82) is 0 Å². The molecule has 1 atom stereocenters. The van der Waals surface area contributed by atoms with E-state index in [4.69, 9.17) is 0 Å². The van der Waals surface area contributed by atoms with E-state index in [1.165, 1.54) is 0 Å². The molecule has 2 N–H and O–H groups in total. The fourth-order valence-corrected chi connectivity index (χ4v) is 1.48. The molecule has 4 nitrogen and oxygen atoms in total. The largest absolute Gasteiger partial charge is 0.351 e. The van der Waals surface area contributed by atoms with E-state index in [1.807, 2.05) is 6.92 Å². The summed E-state index contributed by atoms with van der Waals surface area (Å²) in [6.45, 7) is 12.4. The van der Waals surface area contributed by atoms with Gasteiger partial charge in [-0.1, -0.05) is 6.08 Å². The van der Waals surface area contributed by atoms with E-state index in [-0.39, 0.29) is 11.9 Å². The van der Waals surface area contributed by atoms with Crippen LogP contribution >= 0.6 is 0 Å². The lowest BCUT2D eigenvalue weighted by Gasteiger charge is -2.21. The molecule has 0 aliphatic carbocycles. The molecule has 0 saturated heterocycles. The first-order valence-corrected chi connectivity index (χ1v) is 6.81. The summed E-state index contributed by atoms with van der Waals surface area (Å²) in [6, 6.07) is 0.467. The van der Waals surface area contributed by atoms with Crippen LogP contribution in [0.15, 0.2) is 12.7 Å². The molecule has 0 heterocycles. The standard InChI is InChI=1S/C14H29N3O/c1-6-9-16-14(18)13(4)15-10-7-8-11-17(5)12(2)3/h6,12-13,15H,1,7-11H2,2-5H3,(H,16,18). The SMILES string of the molecule is C=CCNC(=O)C(C)NCCCCN(C)C(C)C. The molecule has 0 fully saturated rings. The number of nitrogens with one attached hydrogen (secondary N) is 2. The topological polar surface area (TPSA) is 44.4 Å². The van der Waals surface area contributed by atoms with Crippen molar-refractivity contribution in [2.75, 3.05) is 26.7 Å². The van der Waals surface area contributed by atoms with Gasteiger partial charge in [0.05, 0.1) is 6.04 Å². The van der Waals surface area contributed by atoms with Gasteiger partial charge in [0.1, 0.15) is 0 Å². The Morgan fingerprint density at radius 1 is 1.33 bits per heavy atom. The summed E-state index contributed by atoms with van der Waals surface area (Å²) in [5.41, 5.74) is 0. The summed E-state index contributed by atoms with van der Waals surface area (Å²) < 4.78 is 0. The highest BCUT2D eigenvalue weighted by atomic mass is 16.2. The molecule has 0 radical (unpaired) electrons. The van der Waals surface area contributed by atoms with E-state index >= 15 is 0 Å². The van der Waals surface area contributed by atoms with Gasteiger partial charge in [0.15, 0.2) is 0 Å². The summed E-state index contributed by atoms with van der Waals surface area (Å²) >= 11 is 0. The van der Waals surface area contributed by atoms with Gasteiger partial charge >= 0.3 is 0 Å². The van der Waals surface area contributed by atoms with Crippen LogP contribution in [-0.2, 0) is 4.79 Å². The smallest absolute Gasteiger partial charge is 0.237 e. The van der Waals surface area contributed by atoms with Crippen molar-refractivity contribution in [3.05, 3.63) is 12.7 Å². The summed E-state index contributed by atoms with van der Waals surface area (Å²) in [5.74, 6) is 0.0363. The molecule has 0 rings (SSSR count). The number of hydrogen-bond acceptors (Lipinski definition) is 3. The van der Waals surface area contributed by atoms with Crippen LogP contribution in [0.5, 0.6) is 0 Å². The molecule has 0 saturated carbocycles. The van der Waals surface area contributed by atoms with E-state index in [2.05, 4.69) is 43.0 Å². The van der Waals surface area contributed by atoms with Gasteiger partial charge in [0.25, 0.3) is 0 Å². The van der Waals surface area contributed by atoms with Gasteiger partial charge in [0, 0.05) is 12.6 Å². The van der Waals surface area contributed by atoms with Gasteiger partial charge in [-0.2, -0.15) is 0 Å².